The van der Waals surface area contributed by atoms with E-state index >= 15 is 0 Å². The lowest BCUT2D eigenvalue weighted by atomic mass is 10.2. The number of carboxylic acid groups (broad SMARTS) is 1. The molecular weight excluding hydrogens is 248 g/mol. The summed E-state index contributed by atoms with van der Waals surface area (Å²) in [4.78, 5) is 10.2. The molecule has 4 nitrogen and oxygen atoms in total. The van der Waals surface area contributed by atoms with Gasteiger partial charge in [-0.05, 0) is 28.8 Å². The average Bonchev–Trinajstić information content (AvgIpc) is 2.50. The summed E-state index contributed by atoms with van der Waals surface area (Å²) in [6.07, 6.45) is 6.58. The number of aliphatic carboxylic acids is 1. The molecule has 0 bridgehead atoms. The standard InChI is InChI=1S/C9H13BrN2O2/c10-8-6-11-12(7-8)5-3-1-2-4-9(13)14/h6-7H,1-5H2,(H,13,14). The summed E-state index contributed by atoms with van der Waals surface area (Å²) >= 11 is 3.31. The van der Waals surface area contributed by atoms with Gasteiger partial charge >= 0.3 is 5.97 Å². The third kappa shape index (κ3) is 4.41. The topological polar surface area (TPSA) is 55.1 Å². The largest absolute Gasteiger partial charge is 0.481 e. The lowest BCUT2D eigenvalue weighted by Gasteiger charge is -1.99. The summed E-state index contributed by atoms with van der Waals surface area (Å²) < 4.78 is 2.83. The number of aromatic nitrogens is 2. The molecule has 14 heavy (non-hydrogen) atoms. The van der Waals surface area contributed by atoms with E-state index in [9.17, 15) is 4.79 Å². The second-order valence-corrected chi connectivity index (χ2v) is 4.04. The highest BCUT2D eigenvalue weighted by molar-refractivity contribution is 9.10. The van der Waals surface area contributed by atoms with Crippen molar-refractivity contribution < 1.29 is 9.90 Å². The Morgan fingerprint density at radius 2 is 2.29 bits per heavy atom. The van der Waals surface area contributed by atoms with Crippen molar-refractivity contribution in [2.45, 2.75) is 32.2 Å². The van der Waals surface area contributed by atoms with Crippen LogP contribution in [0.2, 0.25) is 0 Å². The van der Waals surface area contributed by atoms with E-state index in [1.54, 1.807) is 6.20 Å². The van der Waals surface area contributed by atoms with Gasteiger partial charge in [0.1, 0.15) is 0 Å². The van der Waals surface area contributed by atoms with Crippen LogP contribution in [0.5, 0.6) is 0 Å². The minimum Gasteiger partial charge on any atom is -0.481 e. The Labute approximate surface area is 91.1 Å². The summed E-state index contributed by atoms with van der Waals surface area (Å²) in [7, 11) is 0. The third-order valence-corrected chi connectivity index (χ3v) is 2.29. The SMILES string of the molecule is O=C(O)CCCCCn1cc(Br)cn1. The molecule has 5 heteroatoms. The van der Waals surface area contributed by atoms with E-state index in [0.29, 0.717) is 0 Å². The van der Waals surface area contributed by atoms with Crippen LogP contribution < -0.4 is 0 Å². The molecule has 1 aromatic heterocycles. The molecule has 1 rings (SSSR count). The van der Waals surface area contributed by atoms with Crippen molar-refractivity contribution in [2.75, 3.05) is 0 Å². The van der Waals surface area contributed by atoms with Crippen molar-refractivity contribution in [1.29, 1.82) is 0 Å². The minimum absolute atomic E-state index is 0.267. The molecule has 1 aromatic rings. The van der Waals surface area contributed by atoms with Crippen LogP contribution in [0.4, 0.5) is 0 Å². The number of hydrogen-bond acceptors (Lipinski definition) is 2. The van der Waals surface area contributed by atoms with Gasteiger partial charge < -0.3 is 5.11 Å². The first-order chi connectivity index (χ1) is 6.68. The summed E-state index contributed by atoms with van der Waals surface area (Å²) in [5, 5.41) is 12.5. The van der Waals surface area contributed by atoms with Crippen LogP contribution in [0.15, 0.2) is 16.9 Å². The second kappa shape index (κ2) is 5.80. The van der Waals surface area contributed by atoms with Gasteiger partial charge in [0.05, 0.1) is 10.7 Å². The number of hydrogen-bond donors (Lipinski definition) is 1. The Bertz CT molecular complexity index is 299. The van der Waals surface area contributed by atoms with Crippen molar-refractivity contribution in [2.24, 2.45) is 0 Å². The van der Waals surface area contributed by atoms with Gasteiger partial charge in [0.2, 0.25) is 0 Å². The zero-order valence-electron chi connectivity index (χ0n) is 7.82. The molecule has 0 saturated heterocycles. The number of unbranched alkanes of at least 4 members (excludes halogenated alkanes) is 2. The van der Waals surface area contributed by atoms with Crippen LogP contribution in [-0.2, 0) is 11.3 Å². The number of halogens is 1. The van der Waals surface area contributed by atoms with Crippen LogP contribution >= 0.6 is 15.9 Å². The Hall–Kier alpha value is -0.840. The average molecular weight is 261 g/mol. The highest BCUT2D eigenvalue weighted by atomic mass is 79.9. The number of carboxylic acids is 1. The molecule has 78 valence electrons. The fourth-order valence-electron chi connectivity index (χ4n) is 1.19. The Kier molecular flexibility index (Phi) is 4.65. The van der Waals surface area contributed by atoms with Crippen LogP contribution in [-0.4, -0.2) is 20.9 Å². The molecule has 0 amide bonds. The smallest absolute Gasteiger partial charge is 0.303 e. The van der Waals surface area contributed by atoms with Gasteiger partial charge in [0, 0.05) is 19.2 Å². The maximum absolute atomic E-state index is 10.2. The third-order valence-electron chi connectivity index (χ3n) is 1.88. The van der Waals surface area contributed by atoms with Crippen LogP contribution in [0, 0.1) is 0 Å². The quantitative estimate of drug-likeness (QED) is 0.799. The molecule has 0 saturated carbocycles. The normalized spacial score (nSPS) is 10.4. The zero-order valence-corrected chi connectivity index (χ0v) is 9.40. The van der Waals surface area contributed by atoms with Crippen molar-refractivity contribution in [3.8, 4) is 0 Å². The molecule has 0 aromatic carbocycles. The van der Waals surface area contributed by atoms with Gasteiger partial charge in [-0.2, -0.15) is 5.10 Å². The molecule has 0 fully saturated rings. The molecule has 0 aliphatic rings. The molecule has 0 unspecified atom stereocenters. The Morgan fingerprint density at radius 3 is 2.86 bits per heavy atom. The first-order valence-corrected chi connectivity index (χ1v) is 5.37. The highest BCUT2D eigenvalue weighted by Crippen LogP contribution is 2.08. The van der Waals surface area contributed by atoms with E-state index in [2.05, 4.69) is 21.0 Å². The van der Waals surface area contributed by atoms with Crippen LogP contribution in [0.3, 0.4) is 0 Å². The molecule has 0 radical (unpaired) electrons. The van der Waals surface area contributed by atoms with Gasteiger partial charge in [-0.3, -0.25) is 9.48 Å². The van der Waals surface area contributed by atoms with Gasteiger partial charge in [-0.25, -0.2) is 0 Å². The van der Waals surface area contributed by atoms with Gasteiger partial charge in [-0.15, -0.1) is 0 Å². The second-order valence-electron chi connectivity index (χ2n) is 3.13. The summed E-state index contributed by atoms with van der Waals surface area (Å²) in [5.74, 6) is -0.716. The lowest BCUT2D eigenvalue weighted by molar-refractivity contribution is -0.137. The Morgan fingerprint density at radius 1 is 1.50 bits per heavy atom. The molecule has 0 aliphatic heterocycles. The Balaban J connectivity index is 2.07. The summed E-state index contributed by atoms with van der Waals surface area (Å²) in [5.41, 5.74) is 0. The molecule has 1 N–H and O–H groups in total. The molecular formula is C9H13BrN2O2. The molecule has 0 aliphatic carbocycles. The first kappa shape index (κ1) is 11.2. The monoisotopic (exact) mass is 260 g/mol. The van der Waals surface area contributed by atoms with Crippen molar-refractivity contribution in [3.63, 3.8) is 0 Å². The van der Waals surface area contributed by atoms with E-state index in [1.165, 1.54) is 0 Å². The van der Waals surface area contributed by atoms with Gasteiger partial charge in [-0.1, -0.05) is 6.42 Å². The summed E-state index contributed by atoms with van der Waals surface area (Å²) in [6.45, 7) is 0.852. The summed E-state index contributed by atoms with van der Waals surface area (Å²) in [6, 6.07) is 0. The van der Waals surface area contributed by atoms with E-state index in [0.717, 1.165) is 30.3 Å². The fraction of sp³-hybridized carbons (Fsp3) is 0.556. The van der Waals surface area contributed by atoms with Crippen LogP contribution in [0.25, 0.3) is 0 Å². The van der Waals surface area contributed by atoms with E-state index in [-0.39, 0.29) is 6.42 Å². The fourth-order valence-corrected chi connectivity index (χ4v) is 1.52. The molecule has 0 atom stereocenters. The van der Waals surface area contributed by atoms with Gasteiger partial charge in [0.25, 0.3) is 0 Å². The highest BCUT2D eigenvalue weighted by Gasteiger charge is 1.97. The number of aryl methyl sites for hydroxylation is 1. The number of nitrogens with zero attached hydrogens (tertiary/aromatic N) is 2. The lowest BCUT2D eigenvalue weighted by Crippen LogP contribution is -1.99. The zero-order chi connectivity index (χ0) is 10.4. The molecule has 1 heterocycles. The van der Waals surface area contributed by atoms with Crippen molar-refractivity contribution >= 4 is 21.9 Å². The predicted octanol–water partition coefficient (Wildman–Crippen LogP) is 2.29. The van der Waals surface area contributed by atoms with E-state index in [4.69, 9.17) is 5.11 Å². The van der Waals surface area contributed by atoms with Crippen molar-refractivity contribution in [1.82, 2.24) is 9.78 Å². The number of rotatable bonds is 6. The first-order valence-electron chi connectivity index (χ1n) is 4.58. The maximum atomic E-state index is 10.2. The van der Waals surface area contributed by atoms with E-state index in [1.807, 2.05) is 10.9 Å². The van der Waals surface area contributed by atoms with Crippen molar-refractivity contribution in [3.05, 3.63) is 16.9 Å². The van der Waals surface area contributed by atoms with Crippen LogP contribution in [0.1, 0.15) is 25.7 Å². The predicted molar refractivity (Wildman–Crippen MR) is 56.0 cm³/mol. The molecule has 0 spiro atoms. The minimum atomic E-state index is -0.716. The number of carbonyl (C=O) groups is 1. The van der Waals surface area contributed by atoms with E-state index < -0.39 is 5.97 Å². The maximum Gasteiger partial charge on any atom is 0.303 e. The van der Waals surface area contributed by atoms with Gasteiger partial charge in [0.15, 0.2) is 0 Å².